The topological polar surface area (TPSA) is 48.1 Å². The first kappa shape index (κ1) is 14.6. The van der Waals surface area contributed by atoms with Crippen LogP contribution < -0.4 is 5.73 Å². The first-order valence-electron chi connectivity index (χ1n) is 6.02. The van der Waals surface area contributed by atoms with Gasteiger partial charge in [-0.3, -0.25) is 0 Å². The summed E-state index contributed by atoms with van der Waals surface area (Å²) in [6.07, 6.45) is -2.37. The summed E-state index contributed by atoms with van der Waals surface area (Å²) < 4.78 is 43.3. The number of halogens is 3. The van der Waals surface area contributed by atoms with Crippen molar-refractivity contribution in [2.45, 2.75) is 36.7 Å². The molecule has 1 unspecified atom stereocenters. The minimum atomic E-state index is -4.42. The van der Waals surface area contributed by atoms with Crippen LogP contribution in [-0.4, -0.2) is 23.4 Å². The van der Waals surface area contributed by atoms with Gasteiger partial charge in [-0.25, -0.2) is 4.98 Å². The van der Waals surface area contributed by atoms with E-state index < -0.39 is 11.9 Å². The van der Waals surface area contributed by atoms with Crippen LogP contribution in [0.15, 0.2) is 17.2 Å². The van der Waals surface area contributed by atoms with Crippen LogP contribution in [0.25, 0.3) is 0 Å². The first-order chi connectivity index (χ1) is 9.00. The molecule has 1 aliphatic rings. The highest BCUT2D eigenvalue weighted by Crippen LogP contribution is 2.31. The molecule has 0 spiro atoms. The average Bonchev–Trinajstić information content (AvgIpc) is 2.88. The summed E-state index contributed by atoms with van der Waals surface area (Å²) in [6, 6.07) is 2.37. The molecule has 1 aromatic rings. The highest BCUT2D eigenvalue weighted by Gasteiger charge is 2.33. The fourth-order valence-electron chi connectivity index (χ4n) is 1.86. The second-order valence-corrected chi connectivity index (χ2v) is 5.32. The number of nitrogens with zero attached hydrogens (tertiary/aromatic N) is 1. The standard InChI is InChI=1S/C12H15F3N2OS/c13-12(14,15)10-4-3-8(6-16)11(17-10)19-7-9-2-1-5-18-9/h3-4,9H,1-2,5-7,16H2. The maximum absolute atomic E-state index is 12.6. The van der Waals surface area contributed by atoms with Gasteiger partial charge in [0.25, 0.3) is 0 Å². The Morgan fingerprint density at radius 3 is 2.79 bits per heavy atom. The van der Waals surface area contributed by atoms with E-state index in [1.54, 1.807) is 0 Å². The van der Waals surface area contributed by atoms with Gasteiger partial charge in [-0.1, -0.05) is 6.07 Å². The van der Waals surface area contributed by atoms with E-state index in [1.807, 2.05) is 0 Å². The number of alkyl halides is 3. The van der Waals surface area contributed by atoms with Crippen molar-refractivity contribution in [1.29, 1.82) is 0 Å². The molecule has 7 heteroatoms. The molecule has 2 rings (SSSR count). The molecule has 0 radical (unpaired) electrons. The fraction of sp³-hybridized carbons (Fsp3) is 0.583. The minimum absolute atomic E-state index is 0.104. The van der Waals surface area contributed by atoms with Crippen molar-refractivity contribution in [2.75, 3.05) is 12.4 Å². The number of aromatic nitrogens is 1. The highest BCUT2D eigenvalue weighted by atomic mass is 32.2. The SMILES string of the molecule is NCc1ccc(C(F)(F)F)nc1SCC1CCCO1. The summed E-state index contributed by atoms with van der Waals surface area (Å²) in [7, 11) is 0. The molecule has 0 saturated carbocycles. The lowest BCUT2D eigenvalue weighted by Gasteiger charge is -2.13. The third-order valence-electron chi connectivity index (χ3n) is 2.88. The molecule has 1 aromatic heterocycles. The van der Waals surface area contributed by atoms with Crippen LogP contribution in [0.2, 0.25) is 0 Å². The molecule has 1 saturated heterocycles. The Morgan fingerprint density at radius 1 is 1.42 bits per heavy atom. The summed E-state index contributed by atoms with van der Waals surface area (Å²) in [5.41, 5.74) is 5.29. The molecule has 106 valence electrons. The van der Waals surface area contributed by atoms with E-state index in [0.717, 1.165) is 25.5 Å². The van der Waals surface area contributed by atoms with E-state index in [2.05, 4.69) is 4.98 Å². The average molecular weight is 292 g/mol. The van der Waals surface area contributed by atoms with Crippen molar-refractivity contribution >= 4 is 11.8 Å². The van der Waals surface area contributed by atoms with E-state index >= 15 is 0 Å². The van der Waals surface area contributed by atoms with Gasteiger partial charge in [0.15, 0.2) is 0 Å². The Balaban J connectivity index is 2.11. The Hall–Kier alpha value is -0.790. The molecule has 1 aliphatic heterocycles. The number of thioether (sulfide) groups is 1. The molecule has 19 heavy (non-hydrogen) atoms. The Kier molecular flexibility index (Phi) is 4.70. The van der Waals surface area contributed by atoms with Gasteiger partial charge < -0.3 is 10.5 Å². The van der Waals surface area contributed by atoms with Gasteiger partial charge in [0, 0.05) is 18.9 Å². The molecule has 2 heterocycles. The molecule has 2 N–H and O–H groups in total. The number of nitrogens with two attached hydrogens (primary N) is 1. The number of rotatable bonds is 4. The van der Waals surface area contributed by atoms with Gasteiger partial charge in [-0.05, 0) is 24.5 Å². The first-order valence-corrected chi connectivity index (χ1v) is 7.01. The van der Waals surface area contributed by atoms with Crippen LogP contribution >= 0.6 is 11.8 Å². The van der Waals surface area contributed by atoms with E-state index in [9.17, 15) is 13.2 Å². The van der Waals surface area contributed by atoms with E-state index in [0.29, 0.717) is 16.3 Å². The minimum Gasteiger partial charge on any atom is -0.377 e. The van der Waals surface area contributed by atoms with Crippen molar-refractivity contribution in [3.8, 4) is 0 Å². The molecule has 0 bridgehead atoms. The van der Waals surface area contributed by atoms with Gasteiger partial charge in [0.05, 0.1) is 6.10 Å². The van der Waals surface area contributed by atoms with Gasteiger partial charge in [0.1, 0.15) is 10.7 Å². The van der Waals surface area contributed by atoms with Crippen molar-refractivity contribution in [2.24, 2.45) is 5.73 Å². The number of pyridine rings is 1. The van der Waals surface area contributed by atoms with E-state index in [4.69, 9.17) is 10.5 Å². The zero-order valence-corrected chi connectivity index (χ0v) is 11.1. The lowest BCUT2D eigenvalue weighted by Crippen LogP contribution is -2.12. The van der Waals surface area contributed by atoms with E-state index in [1.165, 1.54) is 17.8 Å². The molecule has 0 aromatic carbocycles. The Morgan fingerprint density at radius 2 is 2.21 bits per heavy atom. The summed E-state index contributed by atoms with van der Waals surface area (Å²) in [5, 5.41) is 0.354. The molecule has 3 nitrogen and oxygen atoms in total. The quantitative estimate of drug-likeness (QED) is 0.867. The molecular weight excluding hydrogens is 277 g/mol. The van der Waals surface area contributed by atoms with Crippen LogP contribution in [0.3, 0.4) is 0 Å². The van der Waals surface area contributed by atoms with Gasteiger partial charge in [0.2, 0.25) is 0 Å². The lowest BCUT2D eigenvalue weighted by atomic mass is 10.2. The lowest BCUT2D eigenvalue weighted by molar-refractivity contribution is -0.141. The smallest absolute Gasteiger partial charge is 0.377 e. The van der Waals surface area contributed by atoms with Crippen LogP contribution in [0, 0.1) is 0 Å². The van der Waals surface area contributed by atoms with Crippen LogP contribution in [0.5, 0.6) is 0 Å². The predicted octanol–water partition coefficient (Wildman–Crippen LogP) is 2.83. The third kappa shape index (κ3) is 3.84. The van der Waals surface area contributed by atoms with Crippen LogP contribution in [0.4, 0.5) is 13.2 Å². The summed E-state index contributed by atoms with van der Waals surface area (Å²) >= 11 is 1.28. The van der Waals surface area contributed by atoms with Gasteiger partial charge >= 0.3 is 6.18 Å². The molecule has 1 atom stereocenters. The fourth-order valence-corrected chi connectivity index (χ4v) is 2.96. The van der Waals surface area contributed by atoms with Crippen molar-refractivity contribution in [3.63, 3.8) is 0 Å². The number of hydrogen-bond acceptors (Lipinski definition) is 4. The maximum Gasteiger partial charge on any atom is 0.433 e. The van der Waals surface area contributed by atoms with Crippen LogP contribution in [-0.2, 0) is 17.5 Å². The predicted molar refractivity (Wildman–Crippen MR) is 66.8 cm³/mol. The monoisotopic (exact) mass is 292 g/mol. The highest BCUT2D eigenvalue weighted by molar-refractivity contribution is 7.99. The molecule has 0 aliphatic carbocycles. The zero-order chi connectivity index (χ0) is 13.9. The number of hydrogen-bond donors (Lipinski definition) is 1. The van der Waals surface area contributed by atoms with Crippen molar-refractivity contribution < 1.29 is 17.9 Å². The Bertz CT molecular complexity index is 433. The zero-order valence-electron chi connectivity index (χ0n) is 10.2. The van der Waals surface area contributed by atoms with Gasteiger partial charge in [-0.15, -0.1) is 11.8 Å². The summed E-state index contributed by atoms with van der Waals surface area (Å²) in [5.74, 6) is 0.612. The molecule has 1 fully saturated rings. The molecule has 0 amide bonds. The third-order valence-corrected chi connectivity index (χ3v) is 4.04. The largest absolute Gasteiger partial charge is 0.433 e. The maximum atomic E-state index is 12.6. The number of ether oxygens (including phenoxy) is 1. The van der Waals surface area contributed by atoms with E-state index in [-0.39, 0.29) is 12.6 Å². The second kappa shape index (κ2) is 6.11. The molecular formula is C12H15F3N2OS. The van der Waals surface area contributed by atoms with Crippen molar-refractivity contribution in [3.05, 3.63) is 23.4 Å². The van der Waals surface area contributed by atoms with Crippen molar-refractivity contribution in [1.82, 2.24) is 4.98 Å². The normalized spacial score (nSPS) is 19.9. The van der Waals surface area contributed by atoms with Gasteiger partial charge in [-0.2, -0.15) is 13.2 Å². The second-order valence-electron chi connectivity index (χ2n) is 4.31. The Labute approximate surface area is 113 Å². The van der Waals surface area contributed by atoms with Crippen LogP contribution in [0.1, 0.15) is 24.1 Å². The summed E-state index contributed by atoms with van der Waals surface area (Å²) in [6.45, 7) is 0.907. The summed E-state index contributed by atoms with van der Waals surface area (Å²) in [4.78, 5) is 3.68.